The van der Waals surface area contributed by atoms with Crippen LogP contribution in [0.3, 0.4) is 0 Å². The fourth-order valence-electron chi connectivity index (χ4n) is 1.86. The average molecular weight is 219 g/mol. The van der Waals surface area contributed by atoms with Gasteiger partial charge in [0.05, 0.1) is 6.26 Å². The van der Waals surface area contributed by atoms with Crippen molar-refractivity contribution in [2.75, 3.05) is 13.3 Å². The highest BCUT2D eigenvalue weighted by Gasteiger charge is 2.40. The van der Waals surface area contributed by atoms with Gasteiger partial charge in [0.25, 0.3) is 0 Å². The Labute approximate surface area is 87.5 Å². The van der Waals surface area contributed by atoms with Gasteiger partial charge in [-0.1, -0.05) is 20.8 Å². The number of hydrogen-bond donors (Lipinski definition) is 0. The third-order valence-electron chi connectivity index (χ3n) is 3.38. The fourth-order valence-corrected chi connectivity index (χ4v) is 2.58. The molecule has 84 valence electrons. The number of hydrogen-bond acceptors (Lipinski definition) is 2. The van der Waals surface area contributed by atoms with E-state index in [-0.39, 0.29) is 6.04 Å². The standard InChI is InChI=1S/C10H21NO2S/c1-10(2,3)8-6-9(7-8)11(4)14(5,12)13/h8-9H,6-7H2,1-5H3. The van der Waals surface area contributed by atoms with Crippen LogP contribution in [-0.4, -0.2) is 32.1 Å². The van der Waals surface area contributed by atoms with E-state index < -0.39 is 10.0 Å². The van der Waals surface area contributed by atoms with Crippen molar-refractivity contribution in [3.63, 3.8) is 0 Å². The van der Waals surface area contributed by atoms with Gasteiger partial charge in [0.1, 0.15) is 0 Å². The first kappa shape index (κ1) is 12.0. The van der Waals surface area contributed by atoms with Crippen molar-refractivity contribution in [3.8, 4) is 0 Å². The number of sulfonamides is 1. The molecule has 0 heterocycles. The van der Waals surface area contributed by atoms with Crippen molar-refractivity contribution in [1.29, 1.82) is 0 Å². The van der Waals surface area contributed by atoms with Gasteiger partial charge in [-0.25, -0.2) is 12.7 Å². The van der Waals surface area contributed by atoms with Crippen LogP contribution in [0.1, 0.15) is 33.6 Å². The van der Waals surface area contributed by atoms with E-state index in [4.69, 9.17) is 0 Å². The molecular weight excluding hydrogens is 198 g/mol. The van der Waals surface area contributed by atoms with Gasteiger partial charge in [-0.15, -0.1) is 0 Å². The zero-order valence-electron chi connectivity index (χ0n) is 9.74. The Balaban J connectivity index is 2.50. The lowest BCUT2D eigenvalue weighted by Crippen LogP contribution is -2.48. The summed E-state index contributed by atoms with van der Waals surface area (Å²) in [6.45, 7) is 6.65. The van der Waals surface area contributed by atoms with Crippen molar-refractivity contribution in [2.45, 2.75) is 39.7 Å². The molecule has 4 heteroatoms. The van der Waals surface area contributed by atoms with Crippen molar-refractivity contribution in [2.24, 2.45) is 11.3 Å². The first-order chi connectivity index (χ1) is 6.12. The summed E-state index contributed by atoms with van der Waals surface area (Å²) in [6, 6.07) is 0.231. The summed E-state index contributed by atoms with van der Waals surface area (Å²) < 4.78 is 24.0. The van der Waals surface area contributed by atoms with E-state index in [1.165, 1.54) is 10.6 Å². The van der Waals surface area contributed by atoms with Gasteiger partial charge < -0.3 is 0 Å². The zero-order chi connectivity index (χ0) is 11.1. The van der Waals surface area contributed by atoms with Gasteiger partial charge in [0.2, 0.25) is 10.0 Å². The first-order valence-electron chi connectivity index (χ1n) is 5.05. The van der Waals surface area contributed by atoms with E-state index >= 15 is 0 Å². The lowest BCUT2D eigenvalue weighted by molar-refractivity contribution is 0.0693. The maximum Gasteiger partial charge on any atom is 0.211 e. The molecular formula is C10H21NO2S. The van der Waals surface area contributed by atoms with Gasteiger partial charge in [0, 0.05) is 13.1 Å². The largest absolute Gasteiger partial charge is 0.213 e. The van der Waals surface area contributed by atoms with Crippen LogP contribution < -0.4 is 0 Å². The maximum absolute atomic E-state index is 11.2. The number of nitrogens with zero attached hydrogens (tertiary/aromatic N) is 1. The molecule has 0 bridgehead atoms. The van der Waals surface area contributed by atoms with Crippen LogP contribution in [0.4, 0.5) is 0 Å². The van der Waals surface area contributed by atoms with E-state index in [9.17, 15) is 8.42 Å². The Bertz CT molecular complexity index is 297. The molecule has 14 heavy (non-hydrogen) atoms. The predicted octanol–water partition coefficient (Wildman–Crippen LogP) is 1.70. The summed E-state index contributed by atoms with van der Waals surface area (Å²) >= 11 is 0. The summed E-state index contributed by atoms with van der Waals surface area (Å²) in [7, 11) is -1.32. The summed E-state index contributed by atoms with van der Waals surface area (Å²) in [5.41, 5.74) is 0.314. The highest BCUT2D eigenvalue weighted by atomic mass is 32.2. The van der Waals surface area contributed by atoms with E-state index in [1.807, 2.05) is 0 Å². The molecule has 0 spiro atoms. The molecule has 1 fully saturated rings. The van der Waals surface area contributed by atoms with Gasteiger partial charge in [0.15, 0.2) is 0 Å². The van der Waals surface area contributed by atoms with E-state index in [1.54, 1.807) is 7.05 Å². The minimum Gasteiger partial charge on any atom is -0.213 e. The molecule has 1 rings (SSSR count). The average Bonchev–Trinajstić information content (AvgIpc) is 1.77. The molecule has 0 atom stereocenters. The third kappa shape index (κ3) is 2.48. The molecule has 0 amide bonds. The molecule has 0 saturated heterocycles. The molecule has 0 aromatic carbocycles. The SMILES string of the molecule is CN(C1CC(C(C)(C)C)C1)S(C)(=O)=O. The molecule has 0 N–H and O–H groups in total. The summed E-state index contributed by atoms with van der Waals surface area (Å²) in [6.07, 6.45) is 3.29. The molecule has 0 aromatic rings. The van der Waals surface area contributed by atoms with Crippen LogP contribution in [0.15, 0.2) is 0 Å². The smallest absolute Gasteiger partial charge is 0.211 e. The summed E-state index contributed by atoms with van der Waals surface area (Å²) in [5, 5.41) is 0. The monoisotopic (exact) mass is 219 g/mol. The highest BCUT2D eigenvalue weighted by Crippen LogP contribution is 2.43. The molecule has 0 unspecified atom stereocenters. The zero-order valence-corrected chi connectivity index (χ0v) is 10.6. The minimum absolute atomic E-state index is 0.231. The van der Waals surface area contributed by atoms with Crippen molar-refractivity contribution in [3.05, 3.63) is 0 Å². The quantitative estimate of drug-likeness (QED) is 0.709. The molecule has 3 nitrogen and oxygen atoms in total. The second kappa shape index (κ2) is 3.49. The molecule has 0 aromatic heterocycles. The van der Waals surface area contributed by atoms with Crippen LogP contribution in [0, 0.1) is 11.3 Å². The molecule has 1 aliphatic rings. The van der Waals surface area contributed by atoms with Gasteiger partial charge >= 0.3 is 0 Å². The Morgan fingerprint density at radius 3 is 1.93 bits per heavy atom. The fraction of sp³-hybridized carbons (Fsp3) is 1.00. The normalized spacial score (nSPS) is 29.0. The topological polar surface area (TPSA) is 37.4 Å². The maximum atomic E-state index is 11.2. The van der Waals surface area contributed by atoms with Crippen LogP contribution >= 0.6 is 0 Å². The lowest BCUT2D eigenvalue weighted by Gasteiger charge is -2.46. The Kier molecular flexibility index (Phi) is 2.99. The van der Waals surface area contributed by atoms with Gasteiger partial charge in [-0.2, -0.15) is 0 Å². The van der Waals surface area contributed by atoms with Crippen LogP contribution in [0.2, 0.25) is 0 Å². The molecule has 0 radical (unpaired) electrons. The molecule has 0 aliphatic heterocycles. The molecule has 1 saturated carbocycles. The van der Waals surface area contributed by atoms with E-state index in [0.717, 1.165) is 12.8 Å². The molecule has 1 aliphatic carbocycles. The highest BCUT2D eigenvalue weighted by molar-refractivity contribution is 7.88. The Hall–Kier alpha value is -0.0900. The summed E-state index contributed by atoms with van der Waals surface area (Å²) in [4.78, 5) is 0. The van der Waals surface area contributed by atoms with Crippen molar-refractivity contribution in [1.82, 2.24) is 4.31 Å². The second-order valence-electron chi connectivity index (χ2n) is 5.47. The van der Waals surface area contributed by atoms with Gasteiger partial charge in [-0.3, -0.25) is 0 Å². The summed E-state index contributed by atoms with van der Waals surface area (Å²) in [5.74, 6) is 0.664. The number of rotatable bonds is 2. The van der Waals surface area contributed by atoms with E-state index in [0.29, 0.717) is 11.3 Å². The lowest BCUT2D eigenvalue weighted by atomic mass is 9.66. The Morgan fingerprint density at radius 1 is 1.21 bits per heavy atom. The van der Waals surface area contributed by atoms with Crippen LogP contribution in [-0.2, 0) is 10.0 Å². The van der Waals surface area contributed by atoms with Gasteiger partial charge in [-0.05, 0) is 24.2 Å². The van der Waals surface area contributed by atoms with E-state index in [2.05, 4.69) is 20.8 Å². The Morgan fingerprint density at radius 2 is 1.64 bits per heavy atom. The van der Waals surface area contributed by atoms with Crippen LogP contribution in [0.25, 0.3) is 0 Å². The van der Waals surface area contributed by atoms with Crippen LogP contribution in [0.5, 0.6) is 0 Å². The first-order valence-corrected chi connectivity index (χ1v) is 6.90. The third-order valence-corrected chi connectivity index (χ3v) is 4.72. The van der Waals surface area contributed by atoms with Crippen molar-refractivity contribution < 1.29 is 8.42 Å². The predicted molar refractivity (Wildman–Crippen MR) is 58.6 cm³/mol. The van der Waals surface area contributed by atoms with Crippen molar-refractivity contribution >= 4 is 10.0 Å². The second-order valence-corrected chi connectivity index (χ2v) is 7.51. The minimum atomic E-state index is -3.00.